The molecule has 0 bridgehead atoms. The van der Waals surface area contributed by atoms with Crippen LogP contribution in [0.4, 0.5) is 0 Å². The smallest absolute Gasteiger partial charge is 0.254 e. The van der Waals surface area contributed by atoms with Crippen molar-refractivity contribution in [3.63, 3.8) is 0 Å². The van der Waals surface area contributed by atoms with Crippen LogP contribution in [-0.2, 0) is 12.8 Å². The summed E-state index contributed by atoms with van der Waals surface area (Å²) in [5.41, 5.74) is 1.24. The second-order valence-electron chi connectivity index (χ2n) is 4.22. The second-order valence-corrected chi connectivity index (χ2v) is 4.22. The topological polar surface area (TPSA) is 68.0 Å². The number of nitrogens with zero attached hydrogens (tertiary/aromatic N) is 2. The molecule has 100 valence electrons. The normalized spacial score (nSPS) is 10.4. The number of furan rings is 1. The van der Waals surface area contributed by atoms with E-state index in [1.807, 2.05) is 26.0 Å². The molecule has 5 heteroatoms. The van der Waals surface area contributed by atoms with Crippen LogP contribution in [0.15, 0.2) is 29.0 Å². The third kappa shape index (κ3) is 3.40. The molecule has 0 aliphatic carbocycles. The highest BCUT2D eigenvalue weighted by molar-refractivity contribution is 5.94. The van der Waals surface area contributed by atoms with Gasteiger partial charge in [0.25, 0.3) is 5.91 Å². The molecular weight excluding hydrogens is 242 g/mol. The Kier molecular flexibility index (Phi) is 4.28. The molecule has 0 radical (unpaired) electrons. The number of carbonyl (C=O) groups is 1. The summed E-state index contributed by atoms with van der Waals surface area (Å²) in [6.07, 6.45) is 4.65. The van der Waals surface area contributed by atoms with Crippen LogP contribution in [0.25, 0.3) is 0 Å². The fraction of sp³-hybridized carbons (Fsp3) is 0.357. The summed E-state index contributed by atoms with van der Waals surface area (Å²) in [6.45, 7) is 4.33. The van der Waals surface area contributed by atoms with Crippen molar-refractivity contribution >= 4 is 5.91 Å². The predicted molar refractivity (Wildman–Crippen MR) is 70.9 cm³/mol. The second kappa shape index (κ2) is 6.13. The molecule has 0 saturated carbocycles. The van der Waals surface area contributed by atoms with E-state index >= 15 is 0 Å². The largest absolute Gasteiger partial charge is 0.469 e. The van der Waals surface area contributed by atoms with Gasteiger partial charge in [0.1, 0.15) is 11.6 Å². The molecule has 1 amide bonds. The lowest BCUT2D eigenvalue weighted by Gasteiger charge is -2.07. The van der Waals surface area contributed by atoms with Crippen molar-refractivity contribution < 1.29 is 9.21 Å². The zero-order valence-corrected chi connectivity index (χ0v) is 11.1. The molecule has 0 fully saturated rings. The summed E-state index contributed by atoms with van der Waals surface area (Å²) in [5.74, 6) is 1.46. The first-order valence-electron chi connectivity index (χ1n) is 6.33. The van der Waals surface area contributed by atoms with E-state index in [1.165, 1.54) is 0 Å². The van der Waals surface area contributed by atoms with Gasteiger partial charge in [-0.25, -0.2) is 9.97 Å². The minimum Gasteiger partial charge on any atom is -0.469 e. The summed E-state index contributed by atoms with van der Waals surface area (Å²) in [6, 6.07) is 3.72. The molecule has 0 unspecified atom stereocenters. The minimum absolute atomic E-state index is 0.147. The number of hydrogen-bond acceptors (Lipinski definition) is 4. The summed E-state index contributed by atoms with van der Waals surface area (Å²) in [7, 11) is 0. The van der Waals surface area contributed by atoms with Gasteiger partial charge in [-0.1, -0.05) is 6.92 Å². The molecule has 0 aliphatic rings. The molecule has 2 aromatic rings. The van der Waals surface area contributed by atoms with Crippen molar-refractivity contribution in [1.29, 1.82) is 0 Å². The van der Waals surface area contributed by atoms with Crippen molar-refractivity contribution in [2.24, 2.45) is 0 Å². The molecule has 19 heavy (non-hydrogen) atoms. The molecule has 2 heterocycles. The standard InChI is InChI=1S/C14H17N3O2/c1-3-13-16-9-12(10(2)17-13)14(18)15-7-6-11-5-4-8-19-11/h4-5,8-9H,3,6-7H2,1-2H3,(H,15,18). The highest BCUT2D eigenvalue weighted by Gasteiger charge is 2.11. The van der Waals surface area contributed by atoms with E-state index in [-0.39, 0.29) is 5.91 Å². The zero-order chi connectivity index (χ0) is 13.7. The van der Waals surface area contributed by atoms with Crippen LogP contribution < -0.4 is 5.32 Å². The first-order chi connectivity index (χ1) is 9.20. The Bertz CT molecular complexity index is 550. The Hall–Kier alpha value is -2.17. The van der Waals surface area contributed by atoms with Crippen LogP contribution in [0.3, 0.4) is 0 Å². The molecule has 0 atom stereocenters. The molecule has 2 rings (SSSR count). The average Bonchev–Trinajstić information content (AvgIpc) is 2.91. The Balaban J connectivity index is 1.92. The van der Waals surface area contributed by atoms with E-state index in [1.54, 1.807) is 12.5 Å². The average molecular weight is 259 g/mol. The number of carbonyl (C=O) groups excluding carboxylic acids is 1. The Morgan fingerprint density at radius 3 is 2.95 bits per heavy atom. The summed E-state index contributed by atoms with van der Waals surface area (Å²) in [5, 5.41) is 2.84. The predicted octanol–water partition coefficient (Wildman–Crippen LogP) is 1.91. The monoisotopic (exact) mass is 259 g/mol. The Morgan fingerprint density at radius 2 is 2.32 bits per heavy atom. The zero-order valence-electron chi connectivity index (χ0n) is 11.1. The fourth-order valence-corrected chi connectivity index (χ4v) is 1.76. The van der Waals surface area contributed by atoms with Gasteiger partial charge >= 0.3 is 0 Å². The number of nitrogens with one attached hydrogen (secondary N) is 1. The summed E-state index contributed by atoms with van der Waals surface area (Å²) >= 11 is 0. The van der Waals surface area contributed by atoms with Crippen LogP contribution in [0.1, 0.15) is 34.6 Å². The van der Waals surface area contributed by atoms with Gasteiger partial charge in [0.05, 0.1) is 17.5 Å². The van der Waals surface area contributed by atoms with Crippen molar-refractivity contribution in [2.75, 3.05) is 6.54 Å². The number of aryl methyl sites for hydroxylation is 2. The Morgan fingerprint density at radius 1 is 1.47 bits per heavy atom. The van der Waals surface area contributed by atoms with Crippen molar-refractivity contribution in [2.45, 2.75) is 26.7 Å². The first-order valence-corrected chi connectivity index (χ1v) is 6.33. The van der Waals surface area contributed by atoms with Gasteiger partial charge in [-0.3, -0.25) is 4.79 Å². The lowest BCUT2D eigenvalue weighted by Crippen LogP contribution is -2.27. The highest BCUT2D eigenvalue weighted by atomic mass is 16.3. The van der Waals surface area contributed by atoms with Crippen molar-refractivity contribution in [1.82, 2.24) is 15.3 Å². The third-order valence-corrected chi connectivity index (χ3v) is 2.83. The van der Waals surface area contributed by atoms with E-state index in [0.29, 0.717) is 24.2 Å². The molecule has 1 N–H and O–H groups in total. The number of rotatable bonds is 5. The van der Waals surface area contributed by atoms with Gasteiger partial charge in [0, 0.05) is 25.6 Å². The fourth-order valence-electron chi connectivity index (χ4n) is 1.76. The van der Waals surface area contributed by atoms with Gasteiger partial charge in [-0.2, -0.15) is 0 Å². The molecule has 0 aliphatic heterocycles. The maximum Gasteiger partial charge on any atom is 0.254 e. The van der Waals surface area contributed by atoms with E-state index < -0.39 is 0 Å². The number of hydrogen-bond donors (Lipinski definition) is 1. The lowest BCUT2D eigenvalue weighted by molar-refractivity contribution is 0.0952. The van der Waals surface area contributed by atoms with Crippen molar-refractivity contribution in [3.05, 3.63) is 47.4 Å². The molecule has 0 saturated heterocycles. The molecule has 5 nitrogen and oxygen atoms in total. The minimum atomic E-state index is -0.147. The highest BCUT2D eigenvalue weighted by Crippen LogP contribution is 2.05. The molecule has 2 aromatic heterocycles. The van der Waals surface area contributed by atoms with Gasteiger partial charge in [0.15, 0.2) is 0 Å². The summed E-state index contributed by atoms with van der Waals surface area (Å²) in [4.78, 5) is 20.4. The quantitative estimate of drug-likeness (QED) is 0.890. The van der Waals surface area contributed by atoms with E-state index in [4.69, 9.17) is 4.42 Å². The van der Waals surface area contributed by atoms with E-state index in [9.17, 15) is 4.79 Å². The van der Waals surface area contributed by atoms with E-state index in [2.05, 4.69) is 15.3 Å². The van der Waals surface area contributed by atoms with Gasteiger partial charge in [-0.05, 0) is 19.1 Å². The van der Waals surface area contributed by atoms with Gasteiger partial charge < -0.3 is 9.73 Å². The maximum absolute atomic E-state index is 12.0. The van der Waals surface area contributed by atoms with Crippen LogP contribution >= 0.6 is 0 Å². The van der Waals surface area contributed by atoms with Crippen LogP contribution in [0.5, 0.6) is 0 Å². The molecular formula is C14H17N3O2. The molecule has 0 aromatic carbocycles. The molecule has 0 spiro atoms. The maximum atomic E-state index is 12.0. The van der Waals surface area contributed by atoms with Gasteiger partial charge in [-0.15, -0.1) is 0 Å². The van der Waals surface area contributed by atoms with Gasteiger partial charge in [0.2, 0.25) is 0 Å². The Labute approximate surface area is 112 Å². The summed E-state index contributed by atoms with van der Waals surface area (Å²) < 4.78 is 5.20. The van der Waals surface area contributed by atoms with Crippen LogP contribution in [-0.4, -0.2) is 22.4 Å². The third-order valence-electron chi connectivity index (χ3n) is 2.83. The SMILES string of the molecule is CCc1ncc(C(=O)NCCc2ccco2)c(C)n1. The lowest BCUT2D eigenvalue weighted by atomic mass is 10.2. The van der Waals surface area contributed by atoms with Crippen LogP contribution in [0.2, 0.25) is 0 Å². The first kappa shape index (κ1) is 13.3. The number of aromatic nitrogens is 2. The van der Waals surface area contributed by atoms with Crippen molar-refractivity contribution in [3.8, 4) is 0 Å². The van der Waals surface area contributed by atoms with E-state index in [0.717, 1.165) is 18.0 Å². The van der Waals surface area contributed by atoms with Crippen LogP contribution in [0, 0.1) is 6.92 Å². The number of amides is 1.